The summed E-state index contributed by atoms with van der Waals surface area (Å²) in [5.41, 5.74) is 0.858. The van der Waals surface area contributed by atoms with Crippen molar-refractivity contribution in [2.24, 2.45) is 0 Å². The molecule has 130 valence electrons. The van der Waals surface area contributed by atoms with Gasteiger partial charge in [0.25, 0.3) is 0 Å². The van der Waals surface area contributed by atoms with Gasteiger partial charge in [0.1, 0.15) is 6.04 Å². The maximum Gasteiger partial charge on any atom is 0.248 e. The van der Waals surface area contributed by atoms with Gasteiger partial charge in [-0.3, -0.25) is 14.3 Å². The smallest absolute Gasteiger partial charge is 0.248 e. The molecule has 2 amide bonds. The highest BCUT2D eigenvalue weighted by Gasteiger charge is 2.52. The van der Waals surface area contributed by atoms with Crippen molar-refractivity contribution in [1.29, 1.82) is 0 Å². The molecule has 2 fully saturated rings. The second kappa shape index (κ2) is 5.96. The van der Waals surface area contributed by atoms with Crippen molar-refractivity contribution >= 4 is 45.0 Å². The minimum Gasteiger partial charge on any atom is -0.324 e. The first kappa shape index (κ1) is 17.1. The SMILES string of the molecule is C[C@@]12CCC(=O)N1[C@@H](C(=O)Nc1cccc(NS(C)(=O)=O)c1)CS2. The fourth-order valence-electron chi connectivity index (χ4n) is 3.11. The van der Waals surface area contributed by atoms with E-state index in [2.05, 4.69) is 10.0 Å². The Bertz CT molecular complexity index is 796. The Hall–Kier alpha value is -1.74. The predicted molar refractivity (Wildman–Crippen MR) is 94.3 cm³/mol. The van der Waals surface area contributed by atoms with E-state index in [9.17, 15) is 18.0 Å². The fraction of sp³-hybridized carbons (Fsp3) is 0.467. The van der Waals surface area contributed by atoms with Crippen molar-refractivity contribution in [3.63, 3.8) is 0 Å². The van der Waals surface area contributed by atoms with E-state index >= 15 is 0 Å². The fourth-order valence-corrected chi connectivity index (χ4v) is 5.10. The maximum atomic E-state index is 12.6. The Balaban J connectivity index is 1.74. The summed E-state index contributed by atoms with van der Waals surface area (Å²) < 4.78 is 25.0. The van der Waals surface area contributed by atoms with Crippen LogP contribution in [-0.4, -0.2) is 48.1 Å². The molecule has 0 aromatic heterocycles. The zero-order valence-electron chi connectivity index (χ0n) is 13.4. The molecule has 0 saturated carbocycles. The minimum absolute atomic E-state index is 0.00939. The lowest BCUT2D eigenvalue weighted by Crippen LogP contribution is -2.48. The number of fused-ring (bicyclic) bond motifs is 1. The summed E-state index contributed by atoms with van der Waals surface area (Å²) in [5.74, 6) is 0.322. The van der Waals surface area contributed by atoms with Crippen LogP contribution in [0.5, 0.6) is 0 Å². The second-order valence-electron chi connectivity index (χ2n) is 6.21. The van der Waals surface area contributed by atoms with Crippen molar-refractivity contribution in [3.8, 4) is 0 Å². The van der Waals surface area contributed by atoms with Crippen molar-refractivity contribution in [1.82, 2.24) is 4.90 Å². The van der Waals surface area contributed by atoms with Gasteiger partial charge in [-0.15, -0.1) is 11.8 Å². The van der Waals surface area contributed by atoms with Gasteiger partial charge in [-0.05, 0) is 31.5 Å². The van der Waals surface area contributed by atoms with Gasteiger partial charge in [0.15, 0.2) is 0 Å². The van der Waals surface area contributed by atoms with Crippen LogP contribution in [0.4, 0.5) is 11.4 Å². The first-order chi connectivity index (χ1) is 11.2. The Labute approximate surface area is 145 Å². The lowest BCUT2D eigenvalue weighted by molar-refractivity contribution is -0.135. The van der Waals surface area contributed by atoms with E-state index in [-0.39, 0.29) is 16.7 Å². The molecule has 1 aromatic carbocycles. The van der Waals surface area contributed by atoms with Crippen LogP contribution in [0.1, 0.15) is 19.8 Å². The number of hydrogen-bond acceptors (Lipinski definition) is 5. The largest absolute Gasteiger partial charge is 0.324 e. The van der Waals surface area contributed by atoms with Crippen LogP contribution in [0.3, 0.4) is 0 Å². The normalized spacial score (nSPS) is 26.3. The standard InChI is InChI=1S/C15H19N3O4S2/c1-15-7-6-13(19)18(15)12(9-23-15)14(20)16-10-4-3-5-11(8-10)17-24(2,21)22/h3-5,8,12,17H,6-7,9H2,1-2H3,(H,16,20)/t12-,15-/m1/s1. The zero-order valence-corrected chi connectivity index (χ0v) is 15.0. The number of nitrogens with one attached hydrogen (secondary N) is 2. The van der Waals surface area contributed by atoms with Crippen LogP contribution in [0.2, 0.25) is 0 Å². The lowest BCUT2D eigenvalue weighted by atomic mass is 10.2. The molecule has 9 heteroatoms. The first-order valence-corrected chi connectivity index (χ1v) is 10.4. The molecule has 7 nitrogen and oxygen atoms in total. The Morgan fingerprint density at radius 3 is 2.79 bits per heavy atom. The van der Waals surface area contributed by atoms with E-state index in [4.69, 9.17) is 0 Å². The molecule has 24 heavy (non-hydrogen) atoms. The van der Waals surface area contributed by atoms with Crippen LogP contribution < -0.4 is 10.0 Å². The predicted octanol–water partition coefficient (Wildman–Crippen LogP) is 1.45. The third-order valence-corrected chi connectivity index (χ3v) is 6.29. The quantitative estimate of drug-likeness (QED) is 0.837. The molecule has 0 bridgehead atoms. The number of hydrogen-bond donors (Lipinski definition) is 2. The summed E-state index contributed by atoms with van der Waals surface area (Å²) in [6.07, 6.45) is 2.29. The molecule has 0 unspecified atom stereocenters. The van der Waals surface area contributed by atoms with Gasteiger partial charge in [0.2, 0.25) is 21.8 Å². The van der Waals surface area contributed by atoms with Crippen molar-refractivity contribution in [2.45, 2.75) is 30.7 Å². The van der Waals surface area contributed by atoms with Gasteiger partial charge < -0.3 is 10.2 Å². The average molecular weight is 369 g/mol. The number of carbonyl (C=O) groups is 2. The molecule has 2 heterocycles. The Morgan fingerprint density at radius 2 is 2.08 bits per heavy atom. The van der Waals surface area contributed by atoms with E-state index in [0.29, 0.717) is 23.5 Å². The van der Waals surface area contributed by atoms with Crippen molar-refractivity contribution < 1.29 is 18.0 Å². The lowest BCUT2D eigenvalue weighted by Gasteiger charge is -2.29. The van der Waals surface area contributed by atoms with Crippen LogP contribution >= 0.6 is 11.8 Å². The summed E-state index contributed by atoms with van der Waals surface area (Å²) >= 11 is 1.63. The Kier molecular flexibility index (Phi) is 4.25. The second-order valence-corrected chi connectivity index (χ2v) is 9.46. The van der Waals surface area contributed by atoms with Gasteiger partial charge in [0.05, 0.1) is 16.8 Å². The van der Waals surface area contributed by atoms with Gasteiger partial charge in [-0.1, -0.05) is 6.07 Å². The third kappa shape index (κ3) is 3.36. The van der Waals surface area contributed by atoms with E-state index in [0.717, 1.165) is 12.7 Å². The molecular weight excluding hydrogens is 350 g/mol. The van der Waals surface area contributed by atoms with Gasteiger partial charge >= 0.3 is 0 Å². The van der Waals surface area contributed by atoms with Crippen LogP contribution in [0.25, 0.3) is 0 Å². The number of nitrogens with zero attached hydrogens (tertiary/aromatic N) is 1. The summed E-state index contributed by atoms with van der Waals surface area (Å²) in [7, 11) is -3.38. The molecular formula is C15H19N3O4S2. The summed E-state index contributed by atoms with van der Waals surface area (Å²) in [6.45, 7) is 1.99. The molecule has 0 aliphatic carbocycles. The van der Waals surface area contributed by atoms with Crippen molar-refractivity contribution in [2.75, 3.05) is 22.0 Å². The molecule has 2 saturated heterocycles. The Morgan fingerprint density at radius 1 is 1.38 bits per heavy atom. The number of amides is 2. The number of thioether (sulfide) groups is 1. The molecule has 2 aliphatic rings. The van der Waals surface area contributed by atoms with E-state index in [1.54, 1.807) is 40.9 Å². The van der Waals surface area contributed by atoms with Crippen LogP contribution in [0, 0.1) is 0 Å². The molecule has 2 aliphatic heterocycles. The molecule has 0 spiro atoms. The number of rotatable bonds is 4. The first-order valence-electron chi connectivity index (χ1n) is 7.53. The number of sulfonamides is 1. The molecule has 2 N–H and O–H groups in total. The summed E-state index contributed by atoms with van der Waals surface area (Å²) in [6, 6.07) is 5.98. The topological polar surface area (TPSA) is 95.6 Å². The van der Waals surface area contributed by atoms with E-state index in [1.165, 1.54) is 0 Å². The highest BCUT2D eigenvalue weighted by Crippen LogP contribution is 2.47. The summed E-state index contributed by atoms with van der Waals surface area (Å²) in [4.78, 5) is 26.1. The zero-order chi connectivity index (χ0) is 17.5. The number of anilines is 2. The minimum atomic E-state index is -3.38. The van der Waals surface area contributed by atoms with Gasteiger partial charge in [-0.25, -0.2) is 8.42 Å². The number of benzene rings is 1. The van der Waals surface area contributed by atoms with Crippen molar-refractivity contribution in [3.05, 3.63) is 24.3 Å². The monoisotopic (exact) mass is 369 g/mol. The maximum absolute atomic E-state index is 12.6. The highest BCUT2D eigenvalue weighted by molar-refractivity contribution is 8.01. The van der Waals surface area contributed by atoms with E-state index < -0.39 is 16.1 Å². The van der Waals surface area contributed by atoms with Gasteiger partial charge in [-0.2, -0.15) is 0 Å². The van der Waals surface area contributed by atoms with E-state index in [1.807, 2.05) is 6.92 Å². The van der Waals surface area contributed by atoms with Gasteiger partial charge in [0, 0.05) is 17.9 Å². The molecule has 1 aromatic rings. The van der Waals surface area contributed by atoms with Crippen LogP contribution in [-0.2, 0) is 19.6 Å². The summed E-state index contributed by atoms with van der Waals surface area (Å²) in [5, 5.41) is 2.78. The highest BCUT2D eigenvalue weighted by atomic mass is 32.2. The number of carbonyl (C=O) groups excluding carboxylic acids is 2. The third-order valence-electron chi connectivity index (χ3n) is 4.18. The molecule has 2 atom stereocenters. The molecule has 0 radical (unpaired) electrons. The van der Waals surface area contributed by atoms with Crippen LogP contribution in [0.15, 0.2) is 24.3 Å². The average Bonchev–Trinajstić information content (AvgIpc) is 2.94. The molecule has 3 rings (SSSR count).